The van der Waals surface area contributed by atoms with Crippen LogP contribution in [0.4, 0.5) is 5.13 Å². The van der Waals surface area contributed by atoms with Crippen LogP contribution in [0.15, 0.2) is 36.4 Å². The van der Waals surface area contributed by atoms with Crippen molar-refractivity contribution in [2.45, 2.75) is 33.1 Å². The standard InChI is InChI=1S/C20H21ClN2O2S/c1-12-9-17-16(10-15(12)21)22-19(26-17)23-18(24)11-25-14-7-5-13(6-8-14)20(2,3)4/h5-10H,11H2,1-4H3,(H,22,23,24). The van der Waals surface area contributed by atoms with Crippen LogP contribution in [-0.4, -0.2) is 17.5 Å². The average molecular weight is 389 g/mol. The number of hydrogen-bond donors (Lipinski definition) is 1. The summed E-state index contributed by atoms with van der Waals surface area (Å²) in [6.07, 6.45) is 0. The monoisotopic (exact) mass is 388 g/mol. The maximum absolute atomic E-state index is 12.1. The van der Waals surface area contributed by atoms with Gasteiger partial charge in [0.1, 0.15) is 5.75 Å². The van der Waals surface area contributed by atoms with Gasteiger partial charge < -0.3 is 4.74 Å². The highest BCUT2D eigenvalue weighted by Gasteiger charge is 2.14. The van der Waals surface area contributed by atoms with Gasteiger partial charge in [-0.1, -0.05) is 55.8 Å². The Labute approximate surface area is 162 Å². The highest BCUT2D eigenvalue weighted by molar-refractivity contribution is 7.22. The summed E-state index contributed by atoms with van der Waals surface area (Å²) >= 11 is 7.53. The molecule has 0 fully saturated rings. The SMILES string of the molecule is Cc1cc2sc(NC(=O)COc3ccc(C(C)(C)C)cc3)nc2cc1Cl. The van der Waals surface area contributed by atoms with Crippen LogP contribution in [0, 0.1) is 6.92 Å². The number of rotatable bonds is 4. The first-order chi connectivity index (χ1) is 12.2. The largest absolute Gasteiger partial charge is 0.484 e. The van der Waals surface area contributed by atoms with E-state index < -0.39 is 0 Å². The van der Waals surface area contributed by atoms with Crippen LogP contribution in [-0.2, 0) is 10.2 Å². The second-order valence-corrected chi connectivity index (χ2v) is 8.64. The van der Waals surface area contributed by atoms with Crippen molar-refractivity contribution >= 4 is 44.2 Å². The van der Waals surface area contributed by atoms with Crippen molar-refractivity contribution in [2.75, 3.05) is 11.9 Å². The van der Waals surface area contributed by atoms with Crippen LogP contribution in [0.2, 0.25) is 5.02 Å². The Morgan fingerprint density at radius 3 is 2.58 bits per heavy atom. The minimum atomic E-state index is -0.244. The fraction of sp³-hybridized carbons (Fsp3) is 0.300. The molecule has 26 heavy (non-hydrogen) atoms. The number of nitrogens with zero attached hydrogens (tertiary/aromatic N) is 1. The molecule has 1 heterocycles. The Bertz CT molecular complexity index is 904. The van der Waals surface area contributed by atoms with Crippen LogP contribution in [0.25, 0.3) is 10.2 Å². The van der Waals surface area contributed by atoms with Crippen LogP contribution < -0.4 is 10.1 Å². The van der Waals surface area contributed by atoms with Gasteiger partial charge in [-0.05, 0) is 47.7 Å². The van der Waals surface area contributed by atoms with Crippen molar-refractivity contribution in [2.24, 2.45) is 0 Å². The zero-order chi connectivity index (χ0) is 18.9. The van der Waals surface area contributed by atoms with Crippen LogP contribution in [0.3, 0.4) is 0 Å². The van der Waals surface area contributed by atoms with Crippen molar-refractivity contribution in [1.29, 1.82) is 0 Å². The smallest absolute Gasteiger partial charge is 0.264 e. The molecule has 0 saturated carbocycles. The van der Waals surface area contributed by atoms with Crippen LogP contribution >= 0.6 is 22.9 Å². The third-order valence-electron chi connectivity index (χ3n) is 4.01. The second kappa shape index (κ2) is 7.25. The summed E-state index contributed by atoms with van der Waals surface area (Å²) < 4.78 is 6.55. The Morgan fingerprint density at radius 1 is 1.23 bits per heavy atom. The topological polar surface area (TPSA) is 51.2 Å². The molecule has 1 aromatic heterocycles. The molecule has 0 unspecified atom stereocenters. The molecule has 1 amide bonds. The Morgan fingerprint density at radius 2 is 1.92 bits per heavy atom. The Kier molecular flexibility index (Phi) is 5.21. The van der Waals surface area contributed by atoms with Crippen LogP contribution in [0.5, 0.6) is 5.75 Å². The number of anilines is 1. The maximum atomic E-state index is 12.1. The highest BCUT2D eigenvalue weighted by atomic mass is 35.5. The molecular weight excluding hydrogens is 368 g/mol. The van der Waals surface area contributed by atoms with E-state index in [1.165, 1.54) is 16.9 Å². The van der Waals surface area contributed by atoms with Crippen LogP contribution in [0.1, 0.15) is 31.9 Å². The van der Waals surface area contributed by atoms with E-state index in [0.717, 1.165) is 15.8 Å². The lowest BCUT2D eigenvalue weighted by Gasteiger charge is -2.19. The fourth-order valence-electron chi connectivity index (χ4n) is 2.46. The lowest BCUT2D eigenvalue weighted by molar-refractivity contribution is -0.118. The summed E-state index contributed by atoms with van der Waals surface area (Å²) in [6, 6.07) is 11.6. The molecule has 3 rings (SSSR count). The quantitative estimate of drug-likeness (QED) is 0.635. The molecule has 136 valence electrons. The summed E-state index contributed by atoms with van der Waals surface area (Å²) in [5.41, 5.74) is 3.07. The van der Waals surface area contributed by atoms with Crippen molar-refractivity contribution in [3.63, 3.8) is 0 Å². The Balaban J connectivity index is 1.60. The van der Waals surface area contributed by atoms with E-state index in [-0.39, 0.29) is 17.9 Å². The molecule has 0 aliphatic carbocycles. The molecule has 0 bridgehead atoms. The second-order valence-electron chi connectivity index (χ2n) is 7.20. The third kappa shape index (κ3) is 4.34. The van der Waals surface area contributed by atoms with E-state index in [0.29, 0.717) is 15.9 Å². The normalized spacial score (nSPS) is 11.6. The predicted octanol–water partition coefficient (Wildman–Crippen LogP) is 5.57. The number of amides is 1. The van der Waals surface area contributed by atoms with E-state index in [1.807, 2.05) is 43.3 Å². The van der Waals surface area contributed by atoms with E-state index in [1.54, 1.807) is 0 Å². The number of nitrogens with one attached hydrogen (secondary N) is 1. The first kappa shape index (κ1) is 18.7. The van der Waals surface area contributed by atoms with E-state index in [9.17, 15) is 4.79 Å². The molecule has 4 nitrogen and oxygen atoms in total. The molecule has 0 saturated heterocycles. The lowest BCUT2D eigenvalue weighted by atomic mass is 9.87. The van der Waals surface area contributed by atoms with Crippen molar-refractivity contribution < 1.29 is 9.53 Å². The Hall–Kier alpha value is -2.11. The molecule has 2 aromatic carbocycles. The molecular formula is C20H21ClN2O2S. The summed E-state index contributed by atoms with van der Waals surface area (Å²) in [5, 5.41) is 3.99. The number of thiazole rings is 1. The van der Waals surface area contributed by atoms with Gasteiger partial charge in [0.2, 0.25) is 0 Å². The number of benzene rings is 2. The average Bonchev–Trinajstić information content (AvgIpc) is 2.94. The van der Waals surface area contributed by atoms with Crippen molar-refractivity contribution in [1.82, 2.24) is 4.98 Å². The number of carbonyl (C=O) groups excluding carboxylic acids is 1. The first-order valence-electron chi connectivity index (χ1n) is 8.32. The van der Waals surface area contributed by atoms with Gasteiger partial charge in [-0.2, -0.15) is 0 Å². The summed E-state index contributed by atoms with van der Waals surface area (Å²) in [6.45, 7) is 8.35. The van der Waals surface area contributed by atoms with E-state index in [2.05, 4.69) is 31.1 Å². The number of fused-ring (bicyclic) bond motifs is 1. The fourth-order valence-corrected chi connectivity index (χ4v) is 3.58. The minimum absolute atomic E-state index is 0.0649. The zero-order valence-electron chi connectivity index (χ0n) is 15.2. The summed E-state index contributed by atoms with van der Waals surface area (Å²) in [7, 11) is 0. The van der Waals surface area contributed by atoms with Gasteiger partial charge in [0.25, 0.3) is 5.91 Å². The minimum Gasteiger partial charge on any atom is -0.484 e. The van der Waals surface area contributed by atoms with E-state index >= 15 is 0 Å². The van der Waals surface area contributed by atoms with Gasteiger partial charge in [-0.25, -0.2) is 4.98 Å². The first-order valence-corrected chi connectivity index (χ1v) is 9.52. The number of carbonyl (C=O) groups is 1. The molecule has 0 spiro atoms. The van der Waals surface area contributed by atoms with Crippen molar-refractivity contribution in [3.05, 3.63) is 52.5 Å². The number of halogens is 1. The molecule has 1 N–H and O–H groups in total. The summed E-state index contributed by atoms with van der Waals surface area (Å²) in [5.74, 6) is 0.423. The van der Waals surface area contributed by atoms with E-state index in [4.69, 9.17) is 16.3 Å². The zero-order valence-corrected chi connectivity index (χ0v) is 16.8. The number of ether oxygens (including phenoxy) is 1. The molecule has 0 aliphatic rings. The van der Waals surface area contributed by atoms with Gasteiger partial charge in [0.15, 0.2) is 11.7 Å². The number of aryl methyl sites for hydroxylation is 1. The summed E-state index contributed by atoms with van der Waals surface area (Å²) in [4.78, 5) is 16.5. The maximum Gasteiger partial charge on any atom is 0.264 e. The van der Waals surface area contributed by atoms with Gasteiger partial charge in [-0.15, -0.1) is 0 Å². The third-order valence-corrected chi connectivity index (χ3v) is 5.35. The number of aromatic nitrogens is 1. The van der Waals surface area contributed by atoms with Gasteiger partial charge >= 0.3 is 0 Å². The van der Waals surface area contributed by atoms with Gasteiger partial charge in [0.05, 0.1) is 10.2 Å². The molecule has 6 heteroatoms. The van der Waals surface area contributed by atoms with Crippen molar-refractivity contribution in [3.8, 4) is 5.75 Å². The highest BCUT2D eigenvalue weighted by Crippen LogP contribution is 2.30. The molecule has 3 aromatic rings. The lowest BCUT2D eigenvalue weighted by Crippen LogP contribution is -2.20. The van der Waals surface area contributed by atoms with Gasteiger partial charge in [0, 0.05) is 5.02 Å². The molecule has 0 aliphatic heterocycles. The number of hydrogen-bond acceptors (Lipinski definition) is 4. The molecule has 0 atom stereocenters. The predicted molar refractivity (Wildman–Crippen MR) is 109 cm³/mol. The van der Waals surface area contributed by atoms with Gasteiger partial charge in [-0.3, -0.25) is 10.1 Å². The molecule has 0 radical (unpaired) electrons.